The SMILES string of the molecule is COCCC(C)Oc1cccc(NC(=O)c2cc3cc(C(=O)C(C)(C)C)ccc3[nH]2)c1. The summed E-state index contributed by atoms with van der Waals surface area (Å²) < 4.78 is 11.0. The molecule has 3 aromatic rings. The zero-order chi connectivity index (χ0) is 22.6. The summed E-state index contributed by atoms with van der Waals surface area (Å²) in [5, 5.41) is 3.72. The van der Waals surface area contributed by atoms with Gasteiger partial charge in [-0.1, -0.05) is 26.8 Å². The van der Waals surface area contributed by atoms with E-state index in [1.165, 1.54) is 0 Å². The number of rotatable bonds is 8. The van der Waals surface area contributed by atoms with E-state index in [-0.39, 0.29) is 17.8 Å². The average Bonchev–Trinajstić information content (AvgIpc) is 3.15. The average molecular weight is 423 g/mol. The lowest BCUT2D eigenvalue weighted by molar-refractivity contribution is 0.0858. The van der Waals surface area contributed by atoms with Gasteiger partial charge in [-0.2, -0.15) is 0 Å². The minimum atomic E-state index is -0.460. The predicted molar refractivity (Wildman–Crippen MR) is 123 cm³/mol. The molecular weight excluding hydrogens is 392 g/mol. The van der Waals surface area contributed by atoms with E-state index in [4.69, 9.17) is 9.47 Å². The molecule has 0 saturated carbocycles. The van der Waals surface area contributed by atoms with Gasteiger partial charge in [0.05, 0.1) is 6.10 Å². The summed E-state index contributed by atoms with van der Waals surface area (Å²) in [4.78, 5) is 28.4. The number of ketones is 1. The molecule has 2 N–H and O–H groups in total. The molecule has 0 aliphatic rings. The van der Waals surface area contributed by atoms with Crippen molar-refractivity contribution in [1.29, 1.82) is 0 Å². The minimum Gasteiger partial charge on any atom is -0.491 e. The van der Waals surface area contributed by atoms with Crippen LogP contribution in [-0.2, 0) is 4.74 Å². The molecule has 6 heteroatoms. The Morgan fingerprint density at radius 3 is 2.58 bits per heavy atom. The smallest absolute Gasteiger partial charge is 0.272 e. The van der Waals surface area contributed by atoms with Gasteiger partial charge >= 0.3 is 0 Å². The molecule has 0 saturated heterocycles. The molecule has 1 unspecified atom stereocenters. The molecule has 0 spiro atoms. The van der Waals surface area contributed by atoms with Gasteiger partial charge in [0.2, 0.25) is 0 Å². The van der Waals surface area contributed by atoms with E-state index in [0.29, 0.717) is 29.3 Å². The first-order valence-corrected chi connectivity index (χ1v) is 10.4. The van der Waals surface area contributed by atoms with Crippen molar-refractivity contribution in [3.05, 3.63) is 59.8 Å². The lowest BCUT2D eigenvalue weighted by Gasteiger charge is -2.16. The second-order valence-electron chi connectivity index (χ2n) is 8.76. The van der Waals surface area contributed by atoms with Crippen LogP contribution in [0.2, 0.25) is 0 Å². The van der Waals surface area contributed by atoms with Crippen molar-refractivity contribution < 1.29 is 19.1 Å². The summed E-state index contributed by atoms with van der Waals surface area (Å²) in [5.74, 6) is 0.492. The molecule has 0 fully saturated rings. The Balaban J connectivity index is 1.73. The molecule has 1 heterocycles. The normalized spacial score (nSPS) is 12.5. The Morgan fingerprint density at radius 1 is 1.10 bits per heavy atom. The van der Waals surface area contributed by atoms with E-state index in [1.54, 1.807) is 25.3 Å². The Hall–Kier alpha value is -3.12. The van der Waals surface area contributed by atoms with E-state index >= 15 is 0 Å². The van der Waals surface area contributed by atoms with Gasteiger partial charge in [-0.3, -0.25) is 9.59 Å². The number of hydrogen-bond donors (Lipinski definition) is 2. The van der Waals surface area contributed by atoms with Crippen LogP contribution in [0.3, 0.4) is 0 Å². The van der Waals surface area contributed by atoms with Crippen LogP contribution in [0.1, 0.15) is 55.0 Å². The third-order valence-electron chi connectivity index (χ3n) is 4.97. The zero-order valence-electron chi connectivity index (χ0n) is 18.7. The van der Waals surface area contributed by atoms with Gasteiger partial charge in [0.15, 0.2) is 5.78 Å². The van der Waals surface area contributed by atoms with Crippen LogP contribution >= 0.6 is 0 Å². The fourth-order valence-corrected chi connectivity index (χ4v) is 3.25. The largest absolute Gasteiger partial charge is 0.491 e. The van der Waals surface area contributed by atoms with Crippen LogP contribution in [0.25, 0.3) is 10.9 Å². The molecule has 1 atom stereocenters. The zero-order valence-corrected chi connectivity index (χ0v) is 18.7. The van der Waals surface area contributed by atoms with Crippen molar-refractivity contribution in [2.45, 2.75) is 40.2 Å². The number of hydrogen-bond acceptors (Lipinski definition) is 4. The molecule has 0 radical (unpaired) electrons. The highest BCUT2D eigenvalue weighted by molar-refractivity contribution is 6.07. The maximum absolute atomic E-state index is 12.8. The standard InChI is InChI=1S/C25H30N2O4/c1-16(11-12-30-5)31-20-8-6-7-19(15-20)26-24(29)22-14-18-13-17(9-10-21(18)27-22)23(28)25(2,3)4/h6-10,13-16,27H,11-12H2,1-5H3,(H,26,29). The molecule has 0 aliphatic carbocycles. The van der Waals surface area contributed by atoms with E-state index in [2.05, 4.69) is 10.3 Å². The predicted octanol–water partition coefficient (Wildman–Crippen LogP) is 5.45. The Labute approximate surface area is 182 Å². The second kappa shape index (κ2) is 9.35. The summed E-state index contributed by atoms with van der Waals surface area (Å²) in [6.07, 6.45) is 0.784. The monoisotopic (exact) mass is 422 g/mol. The number of carbonyl (C=O) groups excluding carboxylic acids is 2. The summed E-state index contributed by atoms with van der Waals surface area (Å²) in [5.41, 5.74) is 2.05. The lowest BCUT2D eigenvalue weighted by Crippen LogP contribution is -2.19. The second-order valence-corrected chi connectivity index (χ2v) is 8.76. The van der Waals surface area contributed by atoms with E-state index in [0.717, 1.165) is 17.3 Å². The number of aromatic amines is 1. The first-order chi connectivity index (χ1) is 14.7. The highest BCUT2D eigenvalue weighted by atomic mass is 16.5. The Morgan fingerprint density at radius 2 is 1.87 bits per heavy atom. The molecular formula is C25H30N2O4. The number of benzene rings is 2. The number of fused-ring (bicyclic) bond motifs is 1. The lowest BCUT2D eigenvalue weighted by atomic mass is 9.86. The minimum absolute atomic E-state index is 0.00427. The molecule has 3 rings (SSSR count). The van der Waals surface area contributed by atoms with E-state index in [1.807, 2.05) is 58.0 Å². The van der Waals surface area contributed by atoms with Crippen LogP contribution in [0, 0.1) is 5.41 Å². The van der Waals surface area contributed by atoms with Crippen molar-refractivity contribution >= 4 is 28.3 Å². The van der Waals surface area contributed by atoms with Gasteiger partial charge in [0.1, 0.15) is 11.4 Å². The molecule has 6 nitrogen and oxygen atoms in total. The molecule has 1 aromatic heterocycles. The van der Waals surface area contributed by atoms with Crippen molar-refractivity contribution in [3.8, 4) is 5.75 Å². The number of Topliss-reactive ketones (excluding diaryl/α,β-unsaturated/α-hetero) is 1. The maximum Gasteiger partial charge on any atom is 0.272 e. The summed E-state index contributed by atoms with van der Waals surface area (Å²) in [6.45, 7) is 8.29. The van der Waals surface area contributed by atoms with Gasteiger partial charge in [-0.25, -0.2) is 0 Å². The Bertz CT molecular complexity index is 1080. The van der Waals surface area contributed by atoms with Crippen LogP contribution in [0.4, 0.5) is 5.69 Å². The fourth-order valence-electron chi connectivity index (χ4n) is 3.25. The number of H-pyrrole nitrogens is 1. The molecule has 1 amide bonds. The molecule has 2 aromatic carbocycles. The van der Waals surface area contributed by atoms with Crippen LogP contribution in [0.15, 0.2) is 48.5 Å². The highest BCUT2D eigenvalue weighted by Crippen LogP contribution is 2.25. The first-order valence-electron chi connectivity index (χ1n) is 10.4. The first kappa shape index (κ1) is 22.6. The number of ether oxygens (including phenoxy) is 2. The molecule has 0 aliphatic heterocycles. The third-order valence-corrected chi connectivity index (χ3v) is 4.97. The molecule has 31 heavy (non-hydrogen) atoms. The topological polar surface area (TPSA) is 80.4 Å². The number of aromatic nitrogens is 1. The number of nitrogens with one attached hydrogen (secondary N) is 2. The van der Waals surface area contributed by atoms with Crippen molar-refractivity contribution in [2.75, 3.05) is 19.0 Å². The molecule has 0 bridgehead atoms. The quantitative estimate of drug-likeness (QED) is 0.473. The Kier molecular flexibility index (Phi) is 6.81. The van der Waals surface area contributed by atoms with Gasteiger partial charge < -0.3 is 19.8 Å². The number of carbonyl (C=O) groups is 2. The van der Waals surface area contributed by atoms with Crippen LogP contribution in [0.5, 0.6) is 5.75 Å². The van der Waals surface area contributed by atoms with Gasteiger partial charge in [-0.05, 0) is 43.3 Å². The molecule has 164 valence electrons. The summed E-state index contributed by atoms with van der Waals surface area (Å²) in [7, 11) is 1.66. The van der Waals surface area contributed by atoms with Crippen LogP contribution in [-0.4, -0.2) is 36.5 Å². The number of anilines is 1. The summed E-state index contributed by atoms with van der Waals surface area (Å²) >= 11 is 0. The van der Waals surface area contributed by atoms with Gasteiger partial charge in [0.25, 0.3) is 5.91 Å². The number of amides is 1. The van der Waals surface area contributed by atoms with E-state index < -0.39 is 5.41 Å². The van der Waals surface area contributed by atoms with Gasteiger partial charge in [0, 0.05) is 53.8 Å². The van der Waals surface area contributed by atoms with Crippen molar-refractivity contribution in [1.82, 2.24) is 4.98 Å². The van der Waals surface area contributed by atoms with Crippen molar-refractivity contribution in [3.63, 3.8) is 0 Å². The van der Waals surface area contributed by atoms with Crippen molar-refractivity contribution in [2.24, 2.45) is 5.41 Å². The third kappa shape index (κ3) is 5.73. The number of methoxy groups -OCH3 is 1. The van der Waals surface area contributed by atoms with E-state index in [9.17, 15) is 9.59 Å². The van der Waals surface area contributed by atoms with Crippen LogP contribution < -0.4 is 10.1 Å². The summed E-state index contributed by atoms with van der Waals surface area (Å²) in [6, 6.07) is 14.5. The fraction of sp³-hybridized carbons (Fsp3) is 0.360. The maximum atomic E-state index is 12.8. The highest BCUT2D eigenvalue weighted by Gasteiger charge is 2.23. The van der Waals surface area contributed by atoms with Gasteiger partial charge in [-0.15, -0.1) is 0 Å².